The van der Waals surface area contributed by atoms with Crippen LogP contribution in [0.2, 0.25) is 0 Å². The van der Waals surface area contributed by atoms with Crippen molar-refractivity contribution in [3.05, 3.63) is 0 Å². The molecule has 4 rings (SSSR count). The Labute approximate surface area is 106 Å². The van der Waals surface area contributed by atoms with Gasteiger partial charge < -0.3 is 10.2 Å². The van der Waals surface area contributed by atoms with Crippen LogP contribution in [-0.4, -0.2) is 61.2 Å². The molecule has 2 bridgehead atoms. The normalized spacial score (nSPS) is 36.7. The molecule has 3 heteroatoms. The van der Waals surface area contributed by atoms with E-state index in [1.54, 1.807) is 0 Å². The van der Waals surface area contributed by atoms with Gasteiger partial charge in [-0.3, -0.25) is 4.90 Å². The molecule has 0 radical (unpaired) electrons. The van der Waals surface area contributed by atoms with Gasteiger partial charge in [0.15, 0.2) is 0 Å². The molecule has 98 valence electrons. The second kappa shape index (κ2) is 5.25. The van der Waals surface area contributed by atoms with Crippen LogP contribution >= 0.6 is 0 Å². The van der Waals surface area contributed by atoms with Gasteiger partial charge in [-0.2, -0.15) is 0 Å². The SMILES string of the molecule is CCN(CCNC1CN2CCC1CC2)C1CC1. The van der Waals surface area contributed by atoms with Crippen molar-refractivity contribution >= 4 is 0 Å². The van der Waals surface area contributed by atoms with Crippen molar-refractivity contribution in [3.63, 3.8) is 0 Å². The first-order chi connectivity index (χ1) is 8.36. The fourth-order valence-corrected chi connectivity index (χ4v) is 3.63. The third-order valence-corrected chi connectivity index (χ3v) is 4.93. The van der Waals surface area contributed by atoms with Gasteiger partial charge in [-0.15, -0.1) is 0 Å². The van der Waals surface area contributed by atoms with Crippen molar-refractivity contribution in [2.24, 2.45) is 5.92 Å². The van der Waals surface area contributed by atoms with Gasteiger partial charge in [0, 0.05) is 31.7 Å². The fourth-order valence-electron chi connectivity index (χ4n) is 3.63. The van der Waals surface area contributed by atoms with E-state index in [0.29, 0.717) is 0 Å². The molecule has 0 aromatic rings. The summed E-state index contributed by atoms with van der Waals surface area (Å²) in [5.74, 6) is 0.969. The molecule has 0 amide bonds. The summed E-state index contributed by atoms with van der Waals surface area (Å²) in [7, 11) is 0. The van der Waals surface area contributed by atoms with Gasteiger partial charge in [0.2, 0.25) is 0 Å². The Bertz CT molecular complexity index is 244. The zero-order valence-electron chi connectivity index (χ0n) is 11.2. The summed E-state index contributed by atoms with van der Waals surface area (Å²) in [5, 5.41) is 3.82. The molecule has 4 aliphatic rings. The van der Waals surface area contributed by atoms with Crippen LogP contribution in [0.5, 0.6) is 0 Å². The minimum atomic E-state index is 0.787. The average Bonchev–Trinajstić information content (AvgIpc) is 3.20. The molecule has 1 atom stereocenters. The predicted molar refractivity (Wildman–Crippen MR) is 71.2 cm³/mol. The van der Waals surface area contributed by atoms with Crippen LogP contribution in [0.4, 0.5) is 0 Å². The number of nitrogens with one attached hydrogen (secondary N) is 1. The maximum absolute atomic E-state index is 3.82. The smallest absolute Gasteiger partial charge is 0.0224 e. The highest BCUT2D eigenvalue weighted by Crippen LogP contribution is 2.28. The van der Waals surface area contributed by atoms with E-state index in [2.05, 4.69) is 22.0 Å². The van der Waals surface area contributed by atoms with Crippen molar-refractivity contribution in [1.29, 1.82) is 0 Å². The van der Waals surface area contributed by atoms with Crippen LogP contribution in [0.15, 0.2) is 0 Å². The minimum Gasteiger partial charge on any atom is -0.311 e. The second-order valence-electron chi connectivity index (χ2n) is 6.06. The largest absolute Gasteiger partial charge is 0.311 e. The average molecular weight is 237 g/mol. The zero-order valence-corrected chi connectivity index (χ0v) is 11.2. The number of fused-ring (bicyclic) bond motifs is 3. The standard InChI is InChI=1S/C14H27N3/c1-2-17(13-3-4-13)10-7-15-14-11-16-8-5-12(14)6-9-16/h12-15H,2-11H2,1H3. The number of rotatable bonds is 6. The van der Waals surface area contributed by atoms with Crippen LogP contribution in [-0.2, 0) is 0 Å². The number of hydrogen-bond acceptors (Lipinski definition) is 3. The maximum Gasteiger partial charge on any atom is 0.0224 e. The topological polar surface area (TPSA) is 18.5 Å². The Morgan fingerprint density at radius 2 is 1.94 bits per heavy atom. The molecular formula is C14H27N3. The van der Waals surface area contributed by atoms with E-state index in [9.17, 15) is 0 Å². The monoisotopic (exact) mass is 237 g/mol. The molecule has 1 aliphatic carbocycles. The summed E-state index contributed by atoms with van der Waals surface area (Å²) in [4.78, 5) is 5.28. The van der Waals surface area contributed by atoms with Crippen LogP contribution in [0.1, 0.15) is 32.6 Å². The zero-order chi connectivity index (χ0) is 11.7. The van der Waals surface area contributed by atoms with E-state index >= 15 is 0 Å². The summed E-state index contributed by atoms with van der Waals surface area (Å²) in [6, 6.07) is 1.71. The lowest BCUT2D eigenvalue weighted by molar-refractivity contribution is 0.0713. The van der Waals surface area contributed by atoms with Crippen molar-refractivity contribution in [2.75, 3.05) is 39.3 Å². The second-order valence-corrected chi connectivity index (χ2v) is 6.06. The molecule has 3 heterocycles. The predicted octanol–water partition coefficient (Wildman–Crippen LogP) is 1.15. The van der Waals surface area contributed by atoms with Crippen LogP contribution in [0.3, 0.4) is 0 Å². The van der Waals surface area contributed by atoms with Gasteiger partial charge in [0.05, 0.1) is 0 Å². The molecule has 3 aliphatic heterocycles. The van der Waals surface area contributed by atoms with E-state index in [-0.39, 0.29) is 0 Å². The van der Waals surface area contributed by atoms with Gasteiger partial charge in [0.1, 0.15) is 0 Å². The van der Waals surface area contributed by atoms with Gasteiger partial charge in [-0.05, 0) is 51.2 Å². The molecule has 3 nitrogen and oxygen atoms in total. The molecule has 4 fully saturated rings. The lowest BCUT2D eigenvalue weighted by atomic mass is 9.84. The first kappa shape index (κ1) is 11.9. The summed E-state index contributed by atoms with van der Waals surface area (Å²) in [5.41, 5.74) is 0. The quantitative estimate of drug-likeness (QED) is 0.748. The van der Waals surface area contributed by atoms with E-state index in [4.69, 9.17) is 0 Å². The van der Waals surface area contributed by atoms with Crippen LogP contribution in [0, 0.1) is 5.92 Å². The molecule has 1 unspecified atom stereocenters. The van der Waals surface area contributed by atoms with E-state index in [1.165, 1.54) is 65.0 Å². The van der Waals surface area contributed by atoms with Gasteiger partial charge in [0.25, 0.3) is 0 Å². The Kier molecular flexibility index (Phi) is 3.69. The van der Waals surface area contributed by atoms with Crippen molar-refractivity contribution < 1.29 is 0 Å². The lowest BCUT2D eigenvalue weighted by Crippen LogP contribution is -2.56. The van der Waals surface area contributed by atoms with Crippen molar-refractivity contribution in [2.45, 2.75) is 44.7 Å². The molecule has 0 aromatic carbocycles. The van der Waals surface area contributed by atoms with Gasteiger partial charge in [-0.25, -0.2) is 0 Å². The molecule has 3 saturated heterocycles. The van der Waals surface area contributed by atoms with Crippen molar-refractivity contribution in [1.82, 2.24) is 15.1 Å². The highest BCUT2D eigenvalue weighted by atomic mass is 15.2. The maximum atomic E-state index is 3.82. The third-order valence-electron chi connectivity index (χ3n) is 4.93. The minimum absolute atomic E-state index is 0.787. The molecule has 1 N–H and O–H groups in total. The molecule has 0 aromatic heterocycles. The summed E-state index contributed by atoms with van der Waals surface area (Å²) in [6.07, 6.45) is 5.73. The number of piperidine rings is 3. The first-order valence-corrected chi connectivity index (χ1v) is 7.56. The summed E-state index contributed by atoms with van der Waals surface area (Å²) >= 11 is 0. The fraction of sp³-hybridized carbons (Fsp3) is 1.00. The van der Waals surface area contributed by atoms with Crippen molar-refractivity contribution in [3.8, 4) is 0 Å². The Balaban J connectivity index is 1.39. The molecule has 1 saturated carbocycles. The summed E-state index contributed by atoms with van der Waals surface area (Å²) in [6.45, 7) is 9.99. The Morgan fingerprint density at radius 3 is 2.47 bits per heavy atom. The lowest BCUT2D eigenvalue weighted by Gasteiger charge is -2.45. The van der Waals surface area contributed by atoms with E-state index in [0.717, 1.165) is 18.0 Å². The van der Waals surface area contributed by atoms with Gasteiger partial charge >= 0.3 is 0 Å². The highest BCUT2D eigenvalue weighted by Gasteiger charge is 2.34. The molecular weight excluding hydrogens is 210 g/mol. The molecule has 0 spiro atoms. The molecule has 17 heavy (non-hydrogen) atoms. The first-order valence-electron chi connectivity index (χ1n) is 7.56. The number of nitrogens with zero attached hydrogens (tertiary/aromatic N) is 2. The van der Waals surface area contributed by atoms with E-state index < -0.39 is 0 Å². The van der Waals surface area contributed by atoms with E-state index in [1.807, 2.05) is 0 Å². The number of hydrogen-bond donors (Lipinski definition) is 1. The Morgan fingerprint density at radius 1 is 1.18 bits per heavy atom. The van der Waals surface area contributed by atoms with Crippen LogP contribution in [0.25, 0.3) is 0 Å². The highest BCUT2D eigenvalue weighted by molar-refractivity contribution is 4.91. The third kappa shape index (κ3) is 2.83. The Hall–Kier alpha value is -0.120. The summed E-state index contributed by atoms with van der Waals surface area (Å²) < 4.78 is 0. The van der Waals surface area contributed by atoms with Crippen LogP contribution < -0.4 is 5.32 Å². The van der Waals surface area contributed by atoms with Gasteiger partial charge in [-0.1, -0.05) is 6.92 Å². The number of likely N-dealkylation sites (N-methyl/N-ethyl adjacent to an activating group) is 1.